The summed E-state index contributed by atoms with van der Waals surface area (Å²) in [6.45, 7) is 1.71. The van der Waals surface area contributed by atoms with Crippen LogP contribution in [0.1, 0.15) is 30.3 Å². The molecule has 1 aromatic rings. The Labute approximate surface area is 135 Å². The number of hydrogen-bond donors (Lipinski definition) is 2. The van der Waals surface area contributed by atoms with Crippen molar-refractivity contribution in [2.24, 2.45) is 13.0 Å². The summed E-state index contributed by atoms with van der Waals surface area (Å²) in [7, 11) is -0.799. The fraction of sp³-hybridized carbons (Fsp3) is 0.571. The van der Waals surface area contributed by atoms with E-state index in [9.17, 15) is 18.0 Å². The molecule has 128 valence electrons. The number of amides is 1. The van der Waals surface area contributed by atoms with Crippen molar-refractivity contribution < 1.29 is 23.1 Å². The summed E-state index contributed by atoms with van der Waals surface area (Å²) in [5.74, 6) is -2.08. The second-order valence-electron chi connectivity index (χ2n) is 5.79. The van der Waals surface area contributed by atoms with Crippen molar-refractivity contribution in [2.45, 2.75) is 30.7 Å². The largest absolute Gasteiger partial charge is 0.481 e. The zero-order valence-electron chi connectivity index (χ0n) is 13.3. The summed E-state index contributed by atoms with van der Waals surface area (Å²) in [4.78, 5) is 22.9. The van der Waals surface area contributed by atoms with E-state index in [2.05, 4.69) is 5.32 Å². The van der Waals surface area contributed by atoms with Gasteiger partial charge in [-0.05, 0) is 25.8 Å². The molecule has 1 aromatic heterocycles. The minimum atomic E-state index is -3.85. The lowest BCUT2D eigenvalue weighted by molar-refractivity contribution is -0.143. The number of aromatic nitrogens is 1. The van der Waals surface area contributed by atoms with Gasteiger partial charge in [0.2, 0.25) is 10.0 Å². The van der Waals surface area contributed by atoms with Crippen LogP contribution in [0.25, 0.3) is 0 Å². The van der Waals surface area contributed by atoms with Crippen LogP contribution >= 0.6 is 0 Å². The minimum Gasteiger partial charge on any atom is -0.481 e. The predicted molar refractivity (Wildman–Crippen MR) is 82.5 cm³/mol. The van der Waals surface area contributed by atoms with Crippen LogP contribution in [0.2, 0.25) is 0 Å². The number of piperidine rings is 1. The second-order valence-corrected chi connectivity index (χ2v) is 7.68. The third-order valence-electron chi connectivity index (χ3n) is 4.22. The molecule has 0 spiro atoms. The Bertz CT molecular complexity index is 725. The van der Waals surface area contributed by atoms with Gasteiger partial charge in [-0.2, -0.15) is 4.31 Å². The van der Waals surface area contributed by atoms with Gasteiger partial charge in [-0.1, -0.05) is 0 Å². The van der Waals surface area contributed by atoms with Crippen molar-refractivity contribution in [3.63, 3.8) is 0 Å². The molecule has 0 radical (unpaired) electrons. The summed E-state index contributed by atoms with van der Waals surface area (Å²) >= 11 is 0. The molecule has 1 fully saturated rings. The van der Waals surface area contributed by atoms with Crippen molar-refractivity contribution in [3.05, 3.63) is 18.0 Å². The number of sulfonamides is 1. The summed E-state index contributed by atoms with van der Waals surface area (Å²) in [5, 5.41) is 11.6. The van der Waals surface area contributed by atoms with Gasteiger partial charge in [0.1, 0.15) is 10.6 Å². The quantitative estimate of drug-likeness (QED) is 0.815. The fourth-order valence-electron chi connectivity index (χ4n) is 2.78. The van der Waals surface area contributed by atoms with Crippen molar-refractivity contribution in [2.75, 3.05) is 13.6 Å². The number of carbonyl (C=O) groups is 2. The average Bonchev–Trinajstić information content (AvgIpc) is 2.89. The minimum absolute atomic E-state index is 0.00325. The van der Waals surface area contributed by atoms with Crippen LogP contribution in [0.4, 0.5) is 0 Å². The third-order valence-corrected chi connectivity index (χ3v) is 6.17. The first-order valence-electron chi connectivity index (χ1n) is 7.31. The predicted octanol–water partition coefficient (Wildman–Crippen LogP) is 0.259. The molecule has 2 rings (SSSR count). The van der Waals surface area contributed by atoms with Gasteiger partial charge >= 0.3 is 5.97 Å². The van der Waals surface area contributed by atoms with Gasteiger partial charge in [-0.15, -0.1) is 0 Å². The number of aliphatic carboxylic acids is 1. The molecule has 2 unspecified atom stereocenters. The number of nitrogens with one attached hydrogen (secondary N) is 1. The molecule has 1 aliphatic heterocycles. The number of carbonyl (C=O) groups excluding carboxylic acids is 1. The topological polar surface area (TPSA) is 109 Å². The Morgan fingerprint density at radius 1 is 1.35 bits per heavy atom. The van der Waals surface area contributed by atoms with E-state index >= 15 is 0 Å². The number of carboxylic acid groups (broad SMARTS) is 1. The van der Waals surface area contributed by atoms with Crippen LogP contribution in [0.5, 0.6) is 0 Å². The lowest BCUT2D eigenvalue weighted by atomic mass is 9.96. The van der Waals surface area contributed by atoms with Crippen molar-refractivity contribution in [3.8, 4) is 0 Å². The normalized spacial score (nSPS) is 22.7. The van der Waals surface area contributed by atoms with Crippen LogP contribution < -0.4 is 5.32 Å². The van der Waals surface area contributed by atoms with Crippen molar-refractivity contribution in [1.29, 1.82) is 0 Å². The van der Waals surface area contributed by atoms with Gasteiger partial charge in [0.15, 0.2) is 0 Å². The molecular formula is C14H21N3O5S. The molecule has 0 aromatic carbocycles. The number of rotatable bonds is 4. The molecule has 9 heteroatoms. The Balaban J connectivity index is 2.37. The van der Waals surface area contributed by atoms with E-state index in [-0.39, 0.29) is 29.1 Å². The number of nitrogens with zero attached hydrogens (tertiary/aromatic N) is 2. The van der Waals surface area contributed by atoms with E-state index in [4.69, 9.17) is 5.11 Å². The average molecular weight is 343 g/mol. The zero-order valence-corrected chi connectivity index (χ0v) is 14.1. The van der Waals surface area contributed by atoms with Gasteiger partial charge in [0, 0.05) is 32.9 Å². The van der Waals surface area contributed by atoms with Gasteiger partial charge in [0.05, 0.1) is 5.92 Å². The smallest absolute Gasteiger partial charge is 0.307 e. The van der Waals surface area contributed by atoms with Gasteiger partial charge in [0.25, 0.3) is 5.91 Å². The summed E-state index contributed by atoms with van der Waals surface area (Å²) in [6.07, 6.45) is 2.32. The third kappa shape index (κ3) is 3.25. The van der Waals surface area contributed by atoms with E-state index in [1.807, 2.05) is 0 Å². The summed E-state index contributed by atoms with van der Waals surface area (Å²) < 4.78 is 28.3. The number of hydrogen-bond acceptors (Lipinski definition) is 4. The highest BCUT2D eigenvalue weighted by Crippen LogP contribution is 2.29. The SMILES string of the molecule is CNC(=O)c1cc(S(=O)(=O)N2CC(C(=O)O)CCC2C)cn1C. The molecule has 2 atom stereocenters. The van der Waals surface area contributed by atoms with E-state index in [0.29, 0.717) is 12.8 Å². The van der Waals surface area contributed by atoms with E-state index < -0.39 is 21.9 Å². The highest BCUT2D eigenvalue weighted by Gasteiger charge is 2.38. The summed E-state index contributed by atoms with van der Waals surface area (Å²) in [6, 6.07) is 1.03. The molecule has 23 heavy (non-hydrogen) atoms. The first kappa shape index (κ1) is 17.5. The van der Waals surface area contributed by atoms with Crippen LogP contribution in [-0.2, 0) is 21.9 Å². The molecule has 8 nitrogen and oxygen atoms in total. The molecule has 0 bridgehead atoms. The lowest BCUT2D eigenvalue weighted by Gasteiger charge is -2.35. The molecule has 2 heterocycles. The van der Waals surface area contributed by atoms with Crippen LogP contribution in [0.15, 0.2) is 17.2 Å². The summed E-state index contributed by atoms with van der Waals surface area (Å²) in [5.41, 5.74) is 0.227. The Hall–Kier alpha value is -1.87. The standard InChI is InChI=1S/C14H21N3O5S/c1-9-4-5-10(14(19)20)7-17(9)23(21,22)11-6-12(13(18)15-2)16(3)8-11/h6,8-10H,4-5,7H2,1-3H3,(H,15,18)(H,19,20). The number of aryl methyl sites for hydroxylation is 1. The number of carboxylic acids is 1. The molecule has 1 aliphatic rings. The highest BCUT2D eigenvalue weighted by atomic mass is 32.2. The zero-order chi connectivity index (χ0) is 17.4. The maximum absolute atomic E-state index is 12.8. The van der Waals surface area contributed by atoms with Crippen molar-refractivity contribution in [1.82, 2.24) is 14.2 Å². The van der Waals surface area contributed by atoms with Crippen molar-refractivity contribution >= 4 is 21.9 Å². The van der Waals surface area contributed by atoms with E-state index in [0.717, 1.165) is 0 Å². The van der Waals surface area contributed by atoms with Crippen LogP contribution in [0, 0.1) is 5.92 Å². The first-order valence-corrected chi connectivity index (χ1v) is 8.75. The highest BCUT2D eigenvalue weighted by molar-refractivity contribution is 7.89. The van der Waals surface area contributed by atoms with Crippen LogP contribution in [0.3, 0.4) is 0 Å². The van der Waals surface area contributed by atoms with Gasteiger partial charge < -0.3 is 15.0 Å². The molecule has 0 saturated carbocycles. The maximum Gasteiger partial charge on any atom is 0.307 e. The van der Waals surface area contributed by atoms with E-state index in [1.165, 1.54) is 28.2 Å². The van der Waals surface area contributed by atoms with E-state index in [1.54, 1.807) is 14.0 Å². The molecular weight excluding hydrogens is 322 g/mol. The lowest BCUT2D eigenvalue weighted by Crippen LogP contribution is -2.47. The Morgan fingerprint density at radius 3 is 2.57 bits per heavy atom. The Kier molecular flexibility index (Phi) is 4.81. The maximum atomic E-state index is 12.8. The van der Waals surface area contributed by atoms with Crippen LogP contribution in [-0.4, -0.2) is 53.9 Å². The fourth-order valence-corrected chi connectivity index (χ4v) is 4.55. The van der Waals surface area contributed by atoms with Gasteiger partial charge in [-0.25, -0.2) is 8.42 Å². The monoisotopic (exact) mass is 343 g/mol. The molecule has 0 aliphatic carbocycles. The first-order chi connectivity index (χ1) is 10.7. The molecule has 1 amide bonds. The molecule has 1 saturated heterocycles. The molecule has 2 N–H and O–H groups in total. The second kappa shape index (κ2) is 6.32. The Morgan fingerprint density at radius 2 is 2.00 bits per heavy atom. The van der Waals surface area contributed by atoms with Gasteiger partial charge in [-0.3, -0.25) is 9.59 Å².